The van der Waals surface area contributed by atoms with Gasteiger partial charge in [0.25, 0.3) is 0 Å². The van der Waals surface area contributed by atoms with Crippen LogP contribution >= 0.6 is 0 Å². The highest BCUT2D eigenvalue weighted by molar-refractivity contribution is 7.89. The molecule has 32 heavy (non-hydrogen) atoms. The number of sulfonamides is 1. The molecule has 0 fully saturated rings. The highest BCUT2D eigenvalue weighted by atomic mass is 32.2. The third-order valence-electron chi connectivity index (χ3n) is 5.84. The van der Waals surface area contributed by atoms with E-state index in [0.29, 0.717) is 12.3 Å². The number of aliphatic hydroxyl groups is 1. The van der Waals surface area contributed by atoms with Crippen LogP contribution in [-0.2, 0) is 16.6 Å². The lowest BCUT2D eigenvalue weighted by Gasteiger charge is -2.37. The van der Waals surface area contributed by atoms with E-state index in [1.54, 1.807) is 25.1 Å². The fourth-order valence-corrected chi connectivity index (χ4v) is 5.85. The standard InChI is InChI=1S/C25H34N2O4S/c1-5-9-21-12-13-25-23(14-21)31-24(17-26(4)16-22-10-7-6-8-11-22)19(2)15-27(20(3)18-28)32(25,29)30/h5-14,19-20,24,28H,15-18H2,1-4H3/b9-5+/t19-,20-,24+/m0/s1. The van der Waals surface area contributed by atoms with Crippen molar-refractivity contribution in [2.45, 2.75) is 44.4 Å². The number of hydrogen-bond acceptors (Lipinski definition) is 5. The van der Waals surface area contributed by atoms with Gasteiger partial charge in [-0.05, 0) is 44.2 Å². The third kappa shape index (κ3) is 5.59. The van der Waals surface area contributed by atoms with Gasteiger partial charge in [-0.15, -0.1) is 0 Å². The number of hydrogen-bond donors (Lipinski definition) is 1. The smallest absolute Gasteiger partial charge is 0.247 e. The number of fused-ring (bicyclic) bond motifs is 1. The Balaban J connectivity index is 1.97. The van der Waals surface area contributed by atoms with Gasteiger partial charge in [0.1, 0.15) is 16.7 Å². The molecule has 2 aromatic carbocycles. The van der Waals surface area contributed by atoms with Crippen molar-refractivity contribution in [3.63, 3.8) is 0 Å². The molecule has 3 atom stereocenters. The van der Waals surface area contributed by atoms with Crippen LogP contribution in [0.2, 0.25) is 0 Å². The molecular weight excluding hydrogens is 424 g/mol. The largest absolute Gasteiger partial charge is 0.487 e. The van der Waals surface area contributed by atoms with Crippen LogP contribution in [0.25, 0.3) is 6.08 Å². The lowest BCUT2D eigenvalue weighted by molar-refractivity contribution is 0.0733. The molecule has 0 saturated carbocycles. The molecule has 7 heteroatoms. The van der Waals surface area contributed by atoms with E-state index >= 15 is 0 Å². The first-order chi connectivity index (χ1) is 15.3. The quantitative estimate of drug-likeness (QED) is 0.686. The number of allylic oxidation sites excluding steroid dienone is 1. The number of nitrogens with zero attached hydrogens (tertiary/aromatic N) is 2. The summed E-state index contributed by atoms with van der Waals surface area (Å²) in [6.45, 7) is 7.12. The summed E-state index contributed by atoms with van der Waals surface area (Å²) in [5, 5.41) is 9.75. The van der Waals surface area contributed by atoms with Crippen molar-refractivity contribution in [1.82, 2.24) is 9.21 Å². The molecule has 0 amide bonds. The SMILES string of the molecule is C/C=C/c1ccc2c(c1)O[C@H](CN(C)Cc1ccccc1)[C@@H](C)CN([C@@H](C)CO)S2(=O)=O. The van der Waals surface area contributed by atoms with Crippen molar-refractivity contribution < 1.29 is 18.3 Å². The second-order valence-corrected chi connectivity index (χ2v) is 10.5. The van der Waals surface area contributed by atoms with Crippen LogP contribution in [0.15, 0.2) is 59.5 Å². The van der Waals surface area contributed by atoms with Crippen molar-refractivity contribution in [2.24, 2.45) is 5.92 Å². The number of benzene rings is 2. The molecule has 0 aromatic heterocycles. The molecule has 174 valence electrons. The van der Waals surface area contributed by atoms with Crippen LogP contribution in [-0.4, -0.2) is 61.6 Å². The molecule has 0 spiro atoms. The summed E-state index contributed by atoms with van der Waals surface area (Å²) in [7, 11) is -1.76. The van der Waals surface area contributed by atoms with Crippen molar-refractivity contribution >= 4 is 16.1 Å². The molecule has 1 aliphatic heterocycles. The van der Waals surface area contributed by atoms with Crippen molar-refractivity contribution in [3.05, 3.63) is 65.7 Å². The molecule has 0 aliphatic carbocycles. The van der Waals surface area contributed by atoms with Crippen LogP contribution in [0, 0.1) is 5.92 Å². The summed E-state index contributed by atoms with van der Waals surface area (Å²) in [5.74, 6) is 0.288. The Kier molecular flexibility index (Phi) is 8.11. The van der Waals surface area contributed by atoms with Crippen molar-refractivity contribution in [2.75, 3.05) is 26.7 Å². The predicted octanol–water partition coefficient (Wildman–Crippen LogP) is 3.62. The van der Waals surface area contributed by atoms with E-state index in [2.05, 4.69) is 17.0 Å². The first-order valence-corrected chi connectivity index (χ1v) is 12.5. The summed E-state index contributed by atoms with van der Waals surface area (Å²) in [6, 6.07) is 14.9. The number of likely N-dealkylation sites (N-methyl/N-ethyl adjacent to an activating group) is 1. The normalized spacial score (nSPS) is 22.2. The third-order valence-corrected chi connectivity index (χ3v) is 7.86. The molecule has 0 bridgehead atoms. The van der Waals surface area contributed by atoms with E-state index in [1.165, 1.54) is 9.87 Å². The molecule has 1 aliphatic rings. The van der Waals surface area contributed by atoms with Crippen LogP contribution < -0.4 is 4.74 Å². The molecule has 0 unspecified atom stereocenters. The molecule has 3 rings (SSSR count). The van der Waals surface area contributed by atoms with E-state index < -0.39 is 16.1 Å². The second-order valence-electron chi connectivity index (χ2n) is 8.63. The van der Waals surface area contributed by atoms with Crippen LogP contribution in [0.5, 0.6) is 5.75 Å². The minimum atomic E-state index is -3.81. The topological polar surface area (TPSA) is 70.1 Å². The minimum absolute atomic E-state index is 0.0736. The molecule has 1 heterocycles. The van der Waals surface area contributed by atoms with Gasteiger partial charge >= 0.3 is 0 Å². The summed E-state index contributed by atoms with van der Waals surface area (Å²) in [4.78, 5) is 2.34. The number of rotatable bonds is 7. The summed E-state index contributed by atoms with van der Waals surface area (Å²) in [6.07, 6.45) is 3.61. The first-order valence-electron chi connectivity index (χ1n) is 11.0. The average molecular weight is 459 g/mol. The second kappa shape index (κ2) is 10.6. The van der Waals surface area contributed by atoms with Gasteiger partial charge in [0, 0.05) is 31.6 Å². The van der Waals surface area contributed by atoms with Crippen molar-refractivity contribution in [3.8, 4) is 5.75 Å². The van der Waals surface area contributed by atoms with Gasteiger partial charge in [0.2, 0.25) is 10.0 Å². The lowest BCUT2D eigenvalue weighted by Crippen LogP contribution is -2.49. The monoisotopic (exact) mass is 458 g/mol. The summed E-state index contributed by atoms with van der Waals surface area (Å²) >= 11 is 0. The van der Waals surface area contributed by atoms with Crippen LogP contribution in [0.4, 0.5) is 0 Å². The predicted molar refractivity (Wildman–Crippen MR) is 128 cm³/mol. The number of aliphatic hydroxyl groups excluding tert-OH is 1. The minimum Gasteiger partial charge on any atom is -0.487 e. The average Bonchev–Trinajstić information content (AvgIpc) is 2.76. The van der Waals surface area contributed by atoms with Gasteiger partial charge in [-0.25, -0.2) is 8.42 Å². The maximum absolute atomic E-state index is 13.5. The van der Waals surface area contributed by atoms with E-state index in [9.17, 15) is 13.5 Å². The van der Waals surface area contributed by atoms with Gasteiger partial charge in [-0.1, -0.05) is 55.5 Å². The summed E-state index contributed by atoms with van der Waals surface area (Å²) < 4.78 is 34.8. The number of ether oxygens (including phenoxy) is 1. The Hall–Kier alpha value is -2.19. The molecular formula is C25H34N2O4S. The first kappa shape index (κ1) is 24.5. The van der Waals surface area contributed by atoms with Crippen LogP contribution in [0.3, 0.4) is 0 Å². The van der Waals surface area contributed by atoms with Gasteiger partial charge in [0.15, 0.2) is 0 Å². The zero-order chi connectivity index (χ0) is 23.3. The molecule has 1 N–H and O–H groups in total. The fourth-order valence-electron chi connectivity index (χ4n) is 4.02. The van der Waals surface area contributed by atoms with Gasteiger partial charge in [-0.2, -0.15) is 4.31 Å². The zero-order valence-electron chi connectivity index (χ0n) is 19.3. The van der Waals surface area contributed by atoms with E-state index in [1.807, 2.05) is 51.2 Å². The summed E-state index contributed by atoms with van der Waals surface area (Å²) in [5.41, 5.74) is 2.09. The van der Waals surface area contributed by atoms with Gasteiger partial charge in [-0.3, -0.25) is 4.90 Å². The fraction of sp³-hybridized carbons (Fsp3) is 0.440. The Morgan fingerprint density at radius 2 is 1.97 bits per heavy atom. The lowest BCUT2D eigenvalue weighted by atomic mass is 10.0. The molecule has 2 aromatic rings. The Morgan fingerprint density at radius 1 is 1.25 bits per heavy atom. The highest BCUT2D eigenvalue weighted by Crippen LogP contribution is 2.34. The molecule has 6 nitrogen and oxygen atoms in total. The van der Waals surface area contributed by atoms with Gasteiger partial charge < -0.3 is 9.84 Å². The maximum atomic E-state index is 13.5. The maximum Gasteiger partial charge on any atom is 0.247 e. The van der Waals surface area contributed by atoms with E-state index in [4.69, 9.17) is 4.74 Å². The molecule has 0 saturated heterocycles. The van der Waals surface area contributed by atoms with Crippen LogP contribution in [0.1, 0.15) is 31.9 Å². The van der Waals surface area contributed by atoms with Crippen molar-refractivity contribution in [1.29, 1.82) is 0 Å². The van der Waals surface area contributed by atoms with E-state index in [-0.39, 0.29) is 30.1 Å². The Bertz CT molecular complexity index is 1020. The zero-order valence-corrected chi connectivity index (χ0v) is 20.1. The Morgan fingerprint density at radius 3 is 2.62 bits per heavy atom. The molecule has 0 radical (unpaired) electrons. The van der Waals surface area contributed by atoms with Gasteiger partial charge in [0.05, 0.1) is 6.61 Å². The Labute approximate surface area is 192 Å². The van der Waals surface area contributed by atoms with E-state index in [0.717, 1.165) is 12.1 Å². The highest BCUT2D eigenvalue weighted by Gasteiger charge is 2.38.